The molecule has 3 heteroatoms. The fraction of sp³-hybridized carbons (Fsp3) is 0.312. The molecule has 0 amide bonds. The molecule has 0 bridgehead atoms. The molecule has 1 aromatic heterocycles. The molecule has 0 saturated heterocycles. The van der Waals surface area contributed by atoms with E-state index in [1.807, 2.05) is 24.5 Å². The number of pyridine rings is 1. The highest BCUT2D eigenvalue weighted by atomic mass is 35.5. The van der Waals surface area contributed by atoms with Crippen LogP contribution in [-0.4, -0.2) is 11.5 Å². The Bertz CT molecular complexity index is 566. The average molecular weight is 275 g/mol. The lowest BCUT2D eigenvalue weighted by atomic mass is 9.99. The van der Waals surface area contributed by atoms with Crippen LogP contribution in [0.5, 0.6) is 0 Å². The lowest BCUT2D eigenvalue weighted by Crippen LogP contribution is -2.17. The summed E-state index contributed by atoms with van der Waals surface area (Å²) in [4.78, 5) is 4.12. The molecule has 19 heavy (non-hydrogen) atoms. The van der Waals surface area contributed by atoms with Crippen molar-refractivity contribution in [3.05, 3.63) is 52.8 Å². The van der Waals surface area contributed by atoms with Crippen LogP contribution in [0.15, 0.2) is 36.7 Å². The van der Waals surface area contributed by atoms with Crippen LogP contribution in [0, 0.1) is 6.92 Å². The maximum atomic E-state index is 6.41. The van der Waals surface area contributed by atoms with Gasteiger partial charge in [-0.3, -0.25) is 4.98 Å². The van der Waals surface area contributed by atoms with E-state index >= 15 is 0 Å². The van der Waals surface area contributed by atoms with Gasteiger partial charge < -0.3 is 5.32 Å². The van der Waals surface area contributed by atoms with Crippen molar-refractivity contribution < 1.29 is 0 Å². The summed E-state index contributed by atoms with van der Waals surface area (Å²) in [6, 6.07) is 8.55. The van der Waals surface area contributed by atoms with Gasteiger partial charge in [-0.2, -0.15) is 0 Å². The molecule has 2 rings (SSSR count). The largest absolute Gasteiger partial charge is 0.310 e. The van der Waals surface area contributed by atoms with Gasteiger partial charge in [-0.1, -0.05) is 30.7 Å². The molecule has 0 fully saturated rings. The number of hydrogen-bond donors (Lipinski definition) is 1. The quantitative estimate of drug-likeness (QED) is 0.895. The Hall–Kier alpha value is -1.38. The smallest absolute Gasteiger partial charge is 0.0459 e. The number of halogens is 1. The second-order valence-electron chi connectivity index (χ2n) is 4.71. The molecule has 0 aliphatic heterocycles. The van der Waals surface area contributed by atoms with Gasteiger partial charge in [0.05, 0.1) is 0 Å². The predicted octanol–water partition coefficient (Wildman–Crippen LogP) is 4.38. The summed E-state index contributed by atoms with van der Waals surface area (Å²) in [6.45, 7) is 7.22. The van der Waals surface area contributed by atoms with Crippen LogP contribution in [-0.2, 0) is 0 Å². The fourth-order valence-electron chi connectivity index (χ4n) is 2.26. The van der Waals surface area contributed by atoms with Gasteiger partial charge in [0.25, 0.3) is 0 Å². The number of aromatic nitrogens is 1. The first-order valence-electron chi connectivity index (χ1n) is 6.57. The van der Waals surface area contributed by atoms with E-state index < -0.39 is 0 Å². The predicted molar refractivity (Wildman–Crippen MR) is 81.5 cm³/mol. The highest BCUT2D eigenvalue weighted by molar-refractivity contribution is 6.31. The summed E-state index contributed by atoms with van der Waals surface area (Å²) < 4.78 is 0. The van der Waals surface area contributed by atoms with Crippen molar-refractivity contribution >= 4 is 11.6 Å². The summed E-state index contributed by atoms with van der Waals surface area (Å²) in [7, 11) is 0. The number of rotatable bonds is 4. The van der Waals surface area contributed by atoms with Crippen LogP contribution in [0.4, 0.5) is 0 Å². The summed E-state index contributed by atoms with van der Waals surface area (Å²) in [5.74, 6) is 0. The molecular weight excluding hydrogens is 256 g/mol. The molecule has 1 unspecified atom stereocenters. The van der Waals surface area contributed by atoms with Crippen LogP contribution < -0.4 is 5.32 Å². The zero-order chi connectivity index (χ0) is 13.8. The van der Waals surface area contributed by atoms with E-state index in [1.165, 1.54) is 5.56 Å². The van der Waals surface area contributed by atoms with Crippen molar-refractivity contribution in [2.24, 2.45) is 0 Å². The van der Waals surface area contributed by atoms with Gasteiger partial charge >= 0.3 is 0 Å². The van der Waals surface area contributed by atoms with Crippen LogP contribution in [0.3, 0.4) is 0 Å². The van der Waals surface area contributed by atoms with Crippen molar-refractivity contribution in [2.45, 2.75) is 26.8 Å². The number of nitrogens with zero attached hydrogens (tertiary/aromatic N) is 1. The molecule has 0 spiro atoms. The third-order valence-corrected chi connectivity index (χ3v) is 3.64. The van der Waals surface area contributed by atoms with Crippen LogP contribution >= 0.6 is 11.6 Å². The van der Waals surface area contributed by atoms with Crippen molar-refractivity contribution in [1.82, 2.24) is 10.3 Å². The van der Waals surface area contributed by atoms with E-state index in [0.29, 0.717) is 0 Å². The zero-order valence-electron chi connectivity index (χ0n) is 11.6. The SMILES string of the molecule is CCNC(C)c1ccc(-c2ccncc2C)cc1Cl. The Morgan fingerprint density at radius 2 is 2.11 bits per heavy atom. The number of aryl methyl sites for hydroxylation is 1. The molecule has 100 valence electrons. The molecule has 1 heterocycles. The average Bonchev–Trinajstić information content (AvgIpc) is 2.39. The third kappa shape index (κ3) is 3.14. The van der Waals surface area contributed by atoms with E-state index in [9.17, 15) is 0 Å². The molecule has 0 radical (unpaired) electrons. The minimum atomic E-state index is 0.269. The van der Waals surface area contributed by atoms with Crippen molar-refractivity contribution in [3.63, 3.8) is 0 Å². The molecule has 2 nitrogen and oxygen atoms in total. The van der Waals surface area contributed by atoms with E-state index in [1.54, 1.807) is 0 Å². The minimum absolute atomic E-state index is 0.269. The Labute approximate surface area is 119 Å². The maximum Gasteiger partial charge on any atom is 0.0459 e. The van der Waals surface area contributed by atoms with Gasteiger partial charge in [-0.05, 0) is 54.8 Å². The van der Waals surface area contributed by atoms with Gasteiger partial charge in [0.15, 0.2) is 0 Å². The topological polar surface area (TPSA) is 24.9 Å². The zero-order valence-corrected chi connectivity index (χ0v) is 12.3. The normalized spacial score (nSPS) is 12.4. The number of nitrogens with one attached hydrogen (secondary N) is 1. The Balaban J connectivity index is 2.37. The first-order chi connectivity index (χ1) is 9.13. The van der Waals surface area contributed by atoms with Gasteiger partial charge in [0, 0.05) is 23.5 Å². The monoisotopic (exact) mass is 274 g/mol. The first kappa shape index (κ1) is 14.0. The van der Waals surface area contributed by atoms with Crippen molar-refractivity contribution in [3.8, 4) is 11.1 Å². The number of hydrogen-bond acceptors (Lipinski definition) is 2. The molecule has 0 aliphatic carbocycles. The molecule has 1 aromatic carbocycles. The highest BCUT2D eigenvalue weighted by Gasteiger charge is 2.10. The second kappa shape index (κ2) is 6.18. The fourth-order valence-corrected chi connectivity index (χ4v) is 2.60. The highest BCUT2D eigenvalue weighted by Crippen LogP contribution is 2.30. The van der Waals surface area contributed by atoms with Crippen LogP contribution in [0.25, 0.3) is 11.1 Å². The van der Waals surface area contributed by atoms with Crippen molar-refractivity contribution in [2.75, 3.05) is 6.54 Å². The molecule has 0 saturated carbocycles. The molecule has 2 aromatic rings. The Morgan fingerprint density at radius 3 is 2.74 bits per heavy atom. The van der Waals surface area contributed by atoms with Gasteiger partial charge in [-0.15, -0.1) is 0 Å². The van der Waals surface area contributed by atoms with E-state index in [-0.39, 0.29) is 6.04 Å². The summed E-state index contributed by atoms with van der Waals surface area (Å²) in [5, 5.41) is 4.19. The molecule has 1 N–H and O–H groups in total. The van der Waals surface area contributed by atoms with Gasteiger partial charge in [0.1, 0.15) is 0 Å². The second-order valence-corrected chi connectivity index (χ2v) is 5.11. The summed E-state index contributed by atoms with van der Waals surface area (Å²) in [6.07, 6.45) is 3.68. The lowest BCUT2D eigenvalue weighted by Gasteiger charge is -2.15. The van der Waals surface area contributed by atoms with Crippen molar-refractivity contribution in [1.29, 1.82) is 0 Å². The first-order valence-corrected chi connectivity index (χ1v) is 6.95. The number of benzene rings is 1. The minimum Gasteiger partial charge on any atom is -0.310 e. The Kier molecular flexibility index (Phi) is 4.56. The molecule has 1 atom stereocenters. The van der Waals surface area contributed by atoms with Gasteiger partial charge in [-0.25, -0.2) is 0 Å². The van der Waals surface area contributed by atoms with E-state index in [2.05, 4.69) is 43.2 Å². The summed E-state index contributed by atoms with van der Waals surface area (Å²) >= 11 is 6.41. The lowest BCUT2D eigenvalue weighted by molar-refractivity contribution is 0.598. The van der Waals surface area contributed by atoms with E-state index in [4.69, 9.17) is 11.6 Å². The molecule has 0 aliphatic rings. The summed E-state index contributed by atoms with van der Waals surface area (Å²) in [5.41, 5.74) is 4.61. The third-order valence-electron chi connectivity index (χ3n) is 3.31. The standard InChI is InChI=1S/C16H19ClN2/c1-4-19-12(3)15-6-5-13(9-16(15)17)14-7-8-18-10-11(14)2/h5-10,12,19H,4H2,1-3H3. The van der Waals surface area contributed by atoms with Crippen LogP contribution in [0.2, 0.25) is 5.02 Å². The maximum absolute atomic E-state index is 6.41. The van der Waals surface area contributed by atoms with Crippen LogP contribution in [0.1, 0.15) is 31.0 Å². The molecular formula is C16H19ClN2. The van der Waals surface area contributed by atoms with Gasteiger partial charge in [0.2, 0.25) is 0 Å². The Morgan fingerprint density at radius 1 is 1.32 bits per heavy atom. The van der Waals surface area contributed by atoms with E-state index in [0.717, 1.165) is 28.3 Å².